The number of hydrogen-bond donors (Lipinski definition) is 1. The number of rotatable bonds is 1. The van der Waals surface area contributed by atoms with Crippen molar-refractivity contribution in [2.75, 3.05) is 13.1 Å². The number of fused-ring (bicyclic) bond motifs is 5. The molecule has 0 amide bonds. The van der Waals surface area contributed by atoms with Gasteiger partial charge in [0.15, 0.2) is 0 Å². The highest BCUT2D eigenvalue weighted by Gasteiger charge is 2.60. The molecule has 1 saturated heterocycles. The lowest BCUT2D eigenvalue weighted by Gasteiger charge is -2.61. The van der Waals surface area contributed by atoms with Crippen LogP contribution in [0.2, 0.25) is 0 Å². The molecule has 0 aromatic rings. The highest BCUT2D eigenvalue weighted by atomic mass is 16.3. The summed E-state index contributed by atoms with van der Waals surface area (Å²) in [7, 11) is 0. The quantitative estimate of drug-likeness (QED) is 0.577. The molecule has 4 saturated carbocycles. The Morgan fingerprint density at radius 1 is 0.929 bits per heavy atom. The number of hydrogen-bond acceptors (Lipinski definition) is 2. The maximum Gasteiger partial charge on any atom is 0.0758 e. The summed E-state index contributed by atoms with van der Waals surface area (Å²) in [5.74, 6) is 3.45. The highest BCUT2D eigenvalue weighted by Crippen LogP contribution is 2.67. The van der Waals surface area contributed by atoms with Crippen molar-refractivity contribution in [3.63, 3.8) is 0 Å². The summed E-state index contributed by atoms with van der Waals surface area (Å²) in [5, 5.41) is 10.8. The van der Waals surface area contributed by atoms with E-state index in [0.717, 1.165) is 36.1 Å². The van der Waals surface area contributed by atoms with Gasteiger partial charge < -0.3 is 10.0 Å². The molecule has 0 bridgehead atoms. The van der Waals surface area contributed by atoms with E-state index in [1.807, 2.05) is 0 Å². The zero-order valence-corrected chi connectivity index (χ0v) is 18.6. The van der Waals surface area contributed by atoms with Crippen LogP contribution in [0, 0.1) is 34.5 Å². The van der Waals surface area contributed by atoms with Crippen molar-refractivity contribution >= 4 is 0 Å². The first kappa shape index (κ1) is 19.6. The van der Waals surface area contributed by atoms with Gasteiger partial charge in [0.25, 0.3) is 0 Å². The van der Waals surface area contributed by atoms with Crippen LogP contribution in [0.5, 0.6) is 0 Å². The molecule has 0 radical (unpaired) electrons. The van der Waals surface area contributed by atoms with E-state index in [9.17, 15) is 5.11 Å². The van der Waals surface area contributed by atoms with Gasteiger partial charge in [-0.2, -0.15) is 0 Å². The minimum atomic E-state index is -0.167. The normalized spacial score (nSPS) is 53.5. The first-order chi connectivity index (χ1) is 13.5. The molecule has 0 aromatic carbocycles. The minimum Gasteiger partial charge on any atom is -0.389 e. The summed E-state index contributed by atoms with van der Waals surface area (Å²) in [4.78, 5) is 2.86. The topological polar surface area (TPSA) is 23.5 Å². The second kappa shape index (κ2) is 7.12. The van der Waals surface area contributed by atoms with Gasteiger partial charge in [-0.1, -0.05) is 26.3 Å². The summed E-state index contributed by atoms with van der Waals surface area (Å²) in [6.45, 7) is 10.1. The fourth-order valence-corrected chi connectivity index (χ4v) is 9.23. The molecular formula is C26H43NO. The Hall–Kier alpha value is -0.340. The van der Waals surface area contributed by atoms with Gasteiger partial charge in [-0.15, -0.1) is 0 Å². The lowest BCUT2D eigenvalue weighted by Crippen LogP contribution is -2.55. The summed E-state index contributed by atoms with van der Waals surface area (Å²) in [6.07, 6.45) is 17.4. The molecule has 2 nitrogen and oxygen atoms in total. The third kappa shape index (κ3) is 2.80. The van der Waals surface area contributed by atoms with E-state index >= 15 is 0 Å². The van der Waals surface area contributed by atoms with Crippen LogP contribution in [0.4, 0.5) is 0 Å². The largest absolute Gasteiger partial charge is 0.389 e. The number of likely N-dealkylation sites (tertiary alicyclic amines) is 1. The SMILES string of the molecule is C/C=C1/[C@H](O)C[C@H]2[C@@H]3CCC4C[C@H](N5CCCCC5)CC[C@]4(C)[C@H]3CC[C@]12C. The van der Waals surface area contributed by atoms with Crippen LogP contribution in [0.3, 0.4) is 0 Å². The Morgan fingerprint density at radius 2 is 1.71 bits per heavy atom. The van der Waals surface area contributed by atoms with Crippen LogP contribution >= 0.6 is 0 Å². The number of aliphatic hydroxyl groups is 1. The number of nitrogens with zero attached hydrogens (tertiary/aromatic N) is 1. The van der Waals surface area contributed by atoms with Gasteiger partial charge in [-0.3, -0.25) is 0 Å². The van der Waals surface area contributed by atoms with E-state index in [0.29, 0.717) is 5.41 Å². The fourth-order valence-electron chi connectivity index (χ4n) is 9.23. The first-order valence-electron chi connectivity index (χ1n) is 12.6. The van der Waals surface area contributed by atoms with Crippen molar-refractivity contribution in [3.05, 3.63) is 11.6 Å². The van der Waals surface area contributed by atoms with Crippen LogP contribution in [0.1, 0.15) is 91.4 Å². The molecule has 1 unspecified atom stereocenters. The van der Waals surface area contributed by atoms with Gasteiger partial charge in [0.2, 0.25) is 0 Å². The second-order valence-corrected chi connectivity index (χ2v) is 11.6. The molecule has 0 spiro atoms. The molecule has 158 valence electrons. The third-order valence-electron chi connectivity index (χ3n) is 10.7. The lowest BCUT2D eigenvalue weighted by atomic mass is 9.45. The molecule has 1 heterocycles. The van der Waals surface area contributed by atoms with E-state index in [-0.39, 0.29) is 11.5 Å². The molecule has 5 aliphatic rings. The number of piperidine rings is 1. The van der Waals surface area contributed by atoms with Crippen molar-refractivity contribution in [2.24, 2.45) is 34.5 Å². The van der Waals surface area contributed by atoms with Gasteiger partial charge in [-0.25, -0.2) is 0 Å². The molecule has 1 aliphatic heterocycles. The Balaban J connectivity index is 1.35. The van der Waals surface area contributed by atoms with Crippen LogP contribution in [0.15, 0.2) is 11.6 Å². The van der Waals surface area contributed by atoms with Crippen LogP contribution < -0.4 is 0 Å². The number of allylic oxidation sites excluding steroid dienone is 1. The highest BCUT2D eigenvalue weighted by molar-refractivity contribution is 5.27. The molecule has 1 N–H and O–H groups in total. The van der Waals surface area contributed by atoms with Gasteiger partial charge in [0.1, 0.15) is 0 Å². The third-order valence-corrected chi connectivity index (χ3v) is 10.7. The summed E-state index contributed by atoms with van der Waals surface area (Å²) >= 11 is 0. The lowest BCUT2D eigenvalue weighted by molar-refractivity contribution is -0.111. The van der Waals surface area contributed by atoms with Crippen molar-refractivity contribution in [1.29, 1.82) is 0 Å². The summed E-state index contributed by atoms with van der Waals surface area (Å²) in [5.41, 5.74) is 2.22. The van der Waals surface area contributed by atoms with Crippen LogP contribution in [0.25, 0.3) is 0 Å². The van der Waals surface area contributed by atoms with Crippen LogP contribution in [-0.4, -0.2) is 35.2 Å². The van der Waals surface area contributed by atoms with E-state index < -0.39 is 0 Å². The molecule has 5 fully saturated rings. The molecule has 4 aliphatic carbocycles. The fraction of sp³-hybridized carbons (Fsp3) is 0.923. The second-order valence-electron chi connectivity index (χ2n) is 11.6. The van der Waals surface area contributed by atoms with E-state index in [2.05, 4.69) is 31.7 Å². The smallest absolute Gasteiger partial charge is 0.0758 e. The Kier molecular flexibility index (Phi) is 4.99. The predicted octanol–water partition coefficient (Wildman–Crippen LogP) is 5.80. The molecule has 5 rings (SSSR count). The summed E-state index contributed by atoms with van der Waals surface area (Å²) in [6, 6.07) is 0.881. The van der Waals surface area contributed by atoms with Gasteiger partial charge >= 0.3 is 0 Å². The van der Waals surface area contributed by atoms with Gasteiger partial charge in [0.05, 0.1) is 6.10 Å². The van der Waals surface area contributed by atoms with E-state index in [1.54, 1.807) is 0 Å². The van der Waals surface area contributed by atoms with E-state index in [1.165, 1.54) is 82.9 Å². The molecule has 8 atom stereocenters. The number of aliphatic hydroxyl groups excluding tert-OH is 1. The van der Waals surface area contributed by atoms with Crippen molar-refractivity contribution in [2.45, 2.75) is 104 Å². The predicted molar refractivity (Wildman–Crippen MR) is 116 cm³/mol. The molecule has 28 heavy (non-hydrogen) atoms. The summed E-state index contributed by atoms with van der Waals surface area (Å²) < 4.78 is 0. The van der Waals surface area contributed by atoms with E-state index in [4.69, 9.17) is 0 Å². The van der Waals surface area contributed by atoms with Gasteiger partial charge in [0, 0.05) is 6.04 Å². The average Bonchev–Trinajstić information content (AvgIpc) is 2.97. The molecule has 0 aromatic heterocycles. The van der Waals surface area contributed by atoms with Crippen molar-refractivity contribution in [3.8, 4) is 0 Å². The van der Waals surface area contributed by atoms with Gasteiger partial charge in [-0.05, 0) is 124 Å². The zero-order chi connectivity index (χ0) is 19.5. The minimum absolute atomic E-state index is 0.167. The maximum absolute atomic E-state index is 10.8. The standard InChI is InChI=1S/C26H43NO/c1-4-21-24(28)17-23-20-9-8-18-16-19(27-14-6-5-7-15-27)10-12-25(18,2)22(20)11-13-26(21,23)3/h4,18-20,22-24,28H,5-17H2,1-3H3/b21-4-/t18?,19-,20-,22+,23+,24-,25+,26-/m1/s1. The first-order valence-corrected chi connectivity index (χ1v) is 12.6. The Morgan fingerprint density at radius 3 is 2.46 bits per heavy atom. The average molecular weight is 386 g/mol. The van der Waals surface area contributed by atoms with Crippen molar-refractivity contribution < 1.29 is 5.11 Å². The zero-order valence-electron chi connectivity index (χ0n) is 18.6. The maximum atomic E-state index is 10.8. The Bertz CT molecular complexity index is 622. The molecule has 2 heteroatoms. The monoisotopic (exact) mass is 385 g/mol. The Labute approximate surface area is 173 Å². The van der Waals surface area contributed by atoms with Crippen molar-refractivity contribution in [1.82, 2.24) is 4.90 Å². The van der Waals surface area contributed by atoms with Crippen LogP contribution in [-0.2, 0) is 0 Å². The molecular weight excluding hydrogens is 342 g/mol.